The highest BCUT2D eigenvalue weighted by molar-refractivity contribution is 6.01. The van der Waals surface area contributed by atoms with Crippen molar-refractivity contribution in [3.8, 4) is 11.5 Å². The second-order valence-corrected chi connectivity index (χ2v) is 4.03. The third-order valence-electron chi connectivity index (χ3n) is 2.93. The van der Waals surface area contributed by atoms with Crippen LogP contribution < -0.4 is 14.4 Å². The number of methoxy groups -OCH3 is 1. The number of hydrogen-bond donors (Lipinski definition) is 0. The van der Waals surface area contributed by atoms with Crippen LogP contribution in [0.4, 0.5) is 5.69 Å². The average Bonchev–Trinajstić information content (AvgIpc) is 2.39. The van der Waals surface area contributed by atoms with Crippen molar-refractivity contribution in [1.82, 2.24) is 0 Å². The van der Waals surface area contributed by atoms with E-state index in [0.717, 1.165) is 6.29 Å². The maximum atomic E-state index is 12.0. The van der Waals surface area contributed by atoms with E-state index in [1.165, 1.54) is 7.11 Å². The van der Waals surface area contributed by atoms with Crippen molar-refractivity contribution in [3.63, 3.8) is 0 Å². The SMILES string of the molecule is CCN1C(=O)C(C)Oc2c(OC)cc(C=O)cc21. The summed E-state index contributed by atoms with van der Waals surface area (Å²) in [7, 11) is 1.50. The van der Waals surface area contributed by atoms with E-state index < -0.39 is 6.10 Å². The van der Waals surface area contributed by atoms with E-state index in [-0.39, 0.29) is 5.91 Å². The van der Waals surface area contributed by atoms with Gasteiger partial charge in [-0.25, -0.2) is 0 Å². The highest BCUT2D eigenvalue weighted by Crippen LogP contribution is 2.42. The average molecular weight is 249 g/mol. The van der Waals surface area contributed by atoms with Crippen LogP contribution in [-0.2, 0) is 4.79 Å². The van der Waals surface area contributed by atoms with Crippen molar-refractivity contribution in [2.75, 3.05) is 18.6 Å². The lowest BCUT2D eigenvalue weighted by Gasteiger charge is -2.33. The van der Waals surface area contributed by atoms with Gasteiger partial charge in [-0.2, -0.15) is 0 Å². The topological polar surface area (TPSA) is 55.8 Å². The summed E-state index contributed by atoms with van der Waals surface area (Å²) in [5.41, 5.74) is 1.04. The Morgan fingerprint density at radius 1 is 1.50 bits per heavy atom. The van der Waals surface area contributed by atoms with Crippen LogP contribution in [0.3, 0.4) is 0 Å². The molecule has 5 heteroatoms. The number of ether oxygens (including phenoxy) is 2. The highest BCUT2D eigenvalue weighted by Gasteiger charge is 2.33. The molecule has 2 rings (SSSR count). The van der Waals surface area contributed by atoms with Crippen LogP contribution in [0.15, 0.2) is 12.1 Å². The molecule has 5 nitrogen and oxygen atoms in total. The fourth-order valence-electron chi connectivity index (χ4n) is 2.04. The number of aldehydes is 1. The van der Waals surface area contributed by atoms with Crippen LogP contribution in [0, 0.1) is 0 Å². The number of hydrogen-bond acceptors (Lipinski definition) is 4. The van der Waals surface area contributed by atoms with Crippen LogP contribution in [-0.4, -0.2) is 32.0 Å². The summed E-state index contributed by atoms with van der Waals surface area (Å²) in [6.07, 6.45) is 0.174. The molecule has 1 atom stereocenters. The molecule has 1 aromatic rings. The van der Waals surface area contributed by atoms with Gasteiger partial charge in [0.25, 0.3) is 5.91 Å². The van der Waals surface area contributed by atoms with Crippen molar-refractivity contribution >= 4 is 17.9 Å². The molecule has 1 unspecified atom stereocenters. The van der Waals surface area contributed by atoms with Gasteiger partial charge in [-0.15, -0.1) is 0 Å². The molecule has 0 fully saturated rings. The van der Waals surface area contributed by atoms with E-state index in [4.69, 9.17) is 9.47 Å². The maximum Gasteiger partial charge on any atom is 0.267 e. The molecule has 0 bridgehead atoms. The van der Waals surface area contributed by atoms with Gasteiger partial charge in [-0.1, -0.05) is 0 Å². The second kappa shape index (κ2) is 4.68. The van der Waals surface area contributed by atoms with Gasteiger partial charge in [0.1, 0.15) is 6.29 Å². The molecule has 0 N–H and O–H groups in total. The van der Waals surface area contributed by atoms with Gasteiger partial charge < -0.3 is 14.4 Å². The number of nitrogens with zero attached hydrogens (tertiary/aromatic N) is 1. The third kappa shape index (κ3) is 1.81. The van der Waals surface area contributed by atoms with Crippen LogP contribution in [0.25, 0.3) is 0 Å². The van der Waals surface area contributed by atoms with E-state index in [1.807, 2.05) is 6.92 Å². The van der Waals surface area contributed by atoms with E-state index in [0.29, 0.717) is 29.3 Å². The van der Waals surface area contributed by atoms with E-state index in [2.05, 4.69) is 0 Å². The first-order valence-electron chi connectivity index (χ1n) is 5.77. The van der Waals surface area contributed by atoms with Gasteiger partial charge in [-0.3, -0.25) is 9.59 Å². The smallest absolute Gasteiger partial charge is 0.267 e. The normalized spacial score (nSPS) is 18.1. The lowest BCUT2D eigenvalue weighted by Crippen LogP contribution is -2.44. The Hall–Kier alpha value is -2.04. The molecule has 1 aliphatic heterocycles. The Labute approximate surface area is 105 Å². The maximum absolute atomic E-state index is 12.0. The zero-order valence-corrected chi connectivity index (χ0v) is 10.6. The number of carbonyl (C=O) groups is 2. The molecule has 96 valence electrons. The molecule has 0 saturated heterocycles. The highest BCUT2D eigenvalue weighted by atomic mass is 16.5. The van der Waals surface area contributed by atoms with Gasteiger partial charge in [0.15, 0.2) is 17.6 Å². The molecule has 0 saturated carbocycles. The van der Waals surface area contributed by atoms with Crippen LogP contribution in [0.2, 0.25) is 0 Å². The fraction of sp³-hybridized carbons (Fsp3) is 0.385. The van der Waals surface area contributed by atoms with Gasteiger partial charge in [0, 0.05) is 12.1 Å². The second-order valence-electron chi connectivity index (χ2n) is 4.03. The number of likely N-dealkylation sites (N-methyl/N-ethyl adjacent to an activating group) is 1. The minimum atomic E-state index is -0.548. The monoisotopic (exact) mass is 249 g/mol. The van der Waals surface area contributed by atoms with Crippen molar-refractivity contribution in [1.29, 1.82) is 0 Å². The van der Waals surface area contributed by atoms with Gasteiger partial charge in [0.2, 0.25) is 0 Å². The first kappa shape index (κ1) is 12.4. The number of carbonyl (C=O) groups excluding carboxylic acids is 2. The molecule has 18 heavy (non-hydrogen) atoms. The van der Waals surface area contributed by atoms with E-state index >= 15 is 0 Å². The van der Waals surface area contributed by atoms with Crippen molar-refractivity contribution in [2.45, 2.75) is 20.0 Å². The van der Waals surface area contributed by atoms with Gasteiger partial charge in [-0.05, 0) is 26.0 Å². The number of rotatable bonds is 3. The Balaban J connectivity index is 2.63. The first-order chi connectivity index (χ1) is 8.62. The predicted octanol–water partition coefficient (Wildman–Crippen LogP) is 1.64. The summed E-state index contributed by atoms with van der Waals surface area (Å²) in [6, 6.07) is 3.24. The molecule has 0 spiro atoms. The van der Waals surface area contributed by atoms with Gasteiger partial charge in [0.05, 0.1) is 12.8 Å². The molecule has 0 aromatic heterocycles. The Bertz CT molecular complexity index is 498. The zero-order chi connectivity index (χ0) is 13.3. The summed E-state index contributed by atoms with van der Waals surface area (Å²) in [4.78, 5) is 24.5. The Morgan fingerprint density at radius 2 is 2.22 bits per heavy atom. The Morgan fingerprint density at radius 3 is 2.78 bits per heavy atom. The zero-order valence-electron chi connectivity index (χ0n) is 10.6. The molecule has 1 amide bonds. The quantitative estimate of drug-likeness (QED) is 0.764. The first-order valence-corrected chi connectivity index (χ1v) is 5.77. The summed E-state index contributed by atoms with van der Waals surface area (Å²) < 4.78 is 10.8. The van der Waals surface area contributed by atoms with Crippen molar-refractivity contribution in [3.05, 3.63) is 17.7 Å². The van der Waals surface area contributed by atoms with Crippen LogP contribution >= 0.6 is 0 Å². The fourth-order valence-corrected chi connectivity index (χ4v) is 2.04. The van der Waals surface area contributed by atoms with Crippen molar-refractivity contribution in [2.24, 2.45) is 0 Å². The van der Waals surface area contributed by atoms with Crippen LogP contribution in [0.1, 0.15) is 24.2 Å². The van der Waals surface area contributed by atoms with Gasteiger partial charge >= 0.3 is 0 Å². The standard InChI is InChI=1S/C13H15NO4/c1-4-14-10-5-9(7-15)6-11(17-3)12(10)18-8(2)13(14)16/h5-8H,4H2,1-3H3. The lowest BCUT2D eigenvalue weighted by atomic mass is 10.1. The molecule has 0 radical (unpaired) electrons. The van der Waals surface area contributed by atoms with Crippen molar-refractivity contribution < 1.29 is 19.1 Å². The van der Waals surface area contributed by atoms with E-state index in [1.54, 1.807) is 24.0 Å². The molecule has 1 aliphatic rings. The number of benzene rings is 1. The largest absolute Gasteiger partial charge is 0.493 e. The summed E-state index contributed by atoms with van der Waals surface area (Å²) in [5, 5.41) is 0. The molecule has 1 aromatic carbocycles. The lowest BCUT2D eigenvalue weighted by molar-refractivity contribution is -0.125. The van der Waals surface area contributed by atoms with Crippen LogP contribution in [0.5, 0.6) is 11.5 Å². The Kier molecular flexibility index (Phi) is 3.23. The number of fused-ring (bicyclic) bond motifs is 1. The number of anilines is 1. The molecule has 1 heterocycles. The third-order valence-corrected chi connectivity index (χ3v) is 2.93. The molecular formula is C13H15NO4. The minimum absolute atomic E-state index is 0.116. The predicted molar refractivity (Wildman–Crippen MR) is 66.5 cm³/mol. The minimum Gasteiger partial charge on any atom is -0.493 e. The summed E-state index contributed by atoms with van der Waals surface area (Å²) >= 11 is 0. The van der Waals surface area contributed by atoms with E-state index in [9.17, 15) is 9.59 Å². The summed E-state index contributed by atoms with van der Waals surface area (Å²) in [6.45, 7) is 4.09. The molecular weight excluding hydrogens is 234 g/mol. The molecule has 0 aliphatic carbocycles. The number of amides is 1. The summed E-state index contributed by atoms with van der Waals surface area (Å²) in [5.74, 6) is 0.861.